The largest absolute Gasteiger partial charge is 0.387 e. The van der Waals surface area contributed by atoms with Crippen LogP contribution in [0.25, 0.3) is 0 Å². The number of piperidine rings is 1. The van der Waals surface area contributed by atoms with Crippen LogP contribution in [0.3, 0.4) is 0 Å². The fourth-order valence-corrected chi connectivity index (χ4v) is 5.25. The minimum atomic E-state index is -0.00378. The zero-order chi connectivity index (χ0) is 21.9. The number of likely N-dealkylation sites (tertiary alicyclic amines) is 1. The number of rotatable bonds is 5. The Balaban J connectivity index is 1.17. The van der Waals surface area contributed by atoms with Gasteiger partial charge in [-0.15, -0.1) is 11.3 Å². The van der Waals surface area contributed by atoms with Crippen molar-refractivity contribution in [2.45, 2.75) is 45.1 Å². The van der Waals surface area contributed by atoms with Crippen molar-refractivity contribution < 1.29 is 4.84 Å². The average molecular weight is 445 g/mol. The molecule has 0 aliphatic carbocycles. The van der Waals surface area contributed by atoms with Crippen LogP contribution in [0.2, 0.25) is 0 Å². The minimum absolute atomic E-state index is 0.00378. The van der Waals surface area contributed by atoms with Crippen molar-refractivity contribution in [1.29, 1.82) is 0 Å². The molecule has 2 aliphatic rings. The SMILES string of the molecule is Cc1ccc(C)c(/N=C/N2CCC(c3nc(C4=NOC(c5ccccc5)C4)cs3)CC2)c1. The Kier molecular flexibility index (Phi) is 6.04. The highest BCUT2D eigenvalue weighted by atomic mass is 32.1. The Morgan fingerprint density at radius 2 is 1.91 bits per heavy atom. The summed E-state index contributed by atoms with van der Waals surface area (Å²) in [6.07, 6.45) is 4.99. The lowest BCUT2D eigenvalue weighted by Gasteiger charge is -2.29. The smallest absolute Gasteiger partial charge is 0.158 e. The normalized spacial score (nSPS) is 19.4. The summed E-state index contributed by atoms with van der Waals surface area (Å²) >= 11 is 1.76. The molecular weight excluding hydrogens is 416 g/mol. The molecule has 5 rings (SSSR count). The number of hydrogen-bond acceptors (Lipinski definition) is 5. The van der Waals surface area contributed by atoms with Gasteiger partial charge in [-0.05, 0) is 49.4 Å². The Bertz CT molecular complexity index is 1130. The van der Waals surface area contributed by atoms with Gasteiger partial charge in [0.25, 0.3) is 0 Å². The first-order valence-corrected chi connectivity index (χ1v) is 12.1. The van der Waals surface area contributed by atoms with Gasteiger partial charge in [0.05, 0.1) is 22.7 Å². The molecule has 3 heterocycles. The number of benzene rings is 2. The first kappa shape index (κ1) is 20.9. The summed E-state index contributed by atoms with van der Waals surface area (Å²) < 4.78 is 0. The predicted octanol–water partition coefficient (Wildman–Crippen LogP) is 6.17. The molecular formula is C26H28N4OS. The lowest BCUT2D eigenvalue weighted by Crippen LogP contribution is -2.31. The number of aliphatic imine (C=N–C) groups is 1. The van der Waals surface area contributed by atoms with Crippen LogP contribution in [0.4, 0.5) is 5.69 Å². The lowest BCUT2D eigenvalue weighted by atomic mass is 9.98. The first-order valence-electron chi connectivity index (χ1n) is 11.2. The van der Waals surface area contributed by atoms with Crippen molar-refractivity contribution >= 4 is 29.1 Å². The van der Waals surface area contributed by atoms with E-state index < -0.39 is 0 Å². The summed E-state index contributed by atoms with van der Waals surface area (Å²) in [5.41, 5.74) is 6.61. The van der Waals surface area contributed by atoms with E-state index in [0.29, 0.717) is 5.92 Å². The monoisotopic (exact) mass is 444 g/mol. The van der Waals surface area contributed by atoms with Crippen LogP contribution in [0.15, 0.2) is 64.1 Å². The third-order valence-corrected chi connectivity index (χ3v) is 7.27. The van der Waals surface area contributed by atoms with Gasteiger partial charge in [0.1, 0.15) is 5.71 Å². The van der Waals surface area contributed by atoms with E-state index in [2.05, 4.69) is 59.6 Å². The third-order valence-electron chi connectivity index (χ3n) is 6.26. The Morgan fingerprint density at radius 1 is 1.09 bits per heavy atom. The summed E-state index contributed by atoms with van der Waals surface area (Å²) in [6, 6.07) is 16.7. The van der Waals surface area contributed by atoms with Crippen molar-refractivity contribution in [2.75, 3.05) is 13.1 Å². The van der Waals surface area contributed by atoms with E-state index in [-0.39, 0.29) is 6.10 Å². The maximum atomic E-state index is 5.69. The van der Waals surface area contributed by atoms with Gasteiger partial charge in [0.2, 0.25) is 0 Å². The highest BCUT2D eigenvalue weighted by molar-refractivity contribution is 7.10. The number of oxime groups is 1. The quantitative estimate of drug-likeness (QED) is 0.349. The fraction of sp³-hybridized carbons (Fsp3) is 0.346. The average Bonchev–Trinajstić information content (AvgIpc) is 3.51. The predicted molar refractivity (Wildman–Crippen MR) is 131 cm³/mol. The number of hydrogen-bond donors (Lipinski definition) is 0. The zero-order valence-electron chi connectivity index (χ0n) is 18.6. The molecule has 2 aromatic carbocycles. The van der Waals surface area contributed by atoms with Gasteiger partial charge < -0.3 is 9.74 Å². The van der Waals surface area contributed by atoms with Gasteiger partial charge >= 0.3 is 0 Å². The van der Waals surface area contributed by atoms with E-state index in [0.717, 1.165) is 55.0 Å². The van der Waals surface area contributed by atoms with Crippen LogP contribution >= 0.6 is 11.3 Å². The number of aryl methyl sites for hydroxylation is 2. The van der Waals surface area contributed by atoms with Gasteiger partial charge in [0, 0.05) is 30.8 Å². The maximum Gasteiger partial charge on any atom is 0.158 e. The second-order valence-electron chi connectivity index (χ2n) is 8.66. The topological polar surface area (TPSA) is 50.1 Å². The molecule has 0 N–H and O–H groups in total. The van der Waals surface area contributed by atoms with E-state index in [1.165, 1.54) is 16.1 Å². The number of thiazole rings is 1. The summed E-state index contributed by atoms with van der Waals surface area (Å²) in [7, 11) is 0. The molecule has 5 nitrogen and oxygen atoms in total. The number of aromatic nitrogens is 1. The Morgan fingerprint density at radius 3 is 2.72 bits per heavy atom. The Hall–Kier alpha value is -2.99. The molecule has 6 heteroatoms. The van der Waals surface area contributed by atoms with Gasteiger partial charge in [-0.1, -0.05) is 47.6 Å². The molecule has 1 fully saturated rings. The van der Waals surface area contributed by atoms with Crippen LogP contribution in [-0.2, 0) is 4.84 Å². The van der Waals surface area contributed by atoms with Crippen LogP contribution in [-0.4, -0.2) is 35.0 Å². The molecule has 3 aromatic rings. The van der Waals surface area contributed by atoms with Crippen LogP contribution in [0, 0.1) is 13.8 Å². The molecule has 1 atom stereocenters. The molecule has 0 amide bonds. The molecule has 0 saturated carbocycles. The van der Waals surface area contributed by atoms with Crippen molar-refractivity contribution in [3.8, 4) is 0 Å². The fourth-order valence-electron chi connectivity index (χ4n) is 4.25. The molecule has 1 saturated heterocycles. The third kappa shape index (κ3) is 4.60. The van der Waals surface area contributed by atoms with Crippen LogP contribution in [0.1, 0.15) is 58.7 Å². The van der Waals surface area contributed by atoms with Gasteiger partial charge in [-0.3, -0.25) is 0 Å². The standard InChI is InChI=1S/C26H28N4OS/c1-18-8-9-19(2)22(14-18)27-17-30-12-10-21(11-13-30)26-28-24(16-32-26)23-15-25(31-29-23)20-6-4-3-5-7-20/h3-9,14,16-17,21,25H,10-13,15H2,1-2H3/b27-17+. The second kappa shape index (κ2) is 9.25. The van der Waals surface area contributed by atoms with Crippen molar-refractivity contribution in [3.63, 3.8) is 0 Å². The van der Waals surface area contributed by atoms with Crippen molar-refractivity contribution in [1.82, 2.24) is 9.88 Å². The lowest BCUT2D eigenvalue weighted by molar-refractivity contribution is 0.0857. The summed E-state index contributed by atoms with van der Waals surface area (Å²) in [5.74, 6) is 0.506. The van der Waals surface area contributed by atoms with Gasteiger partial charge in [-0.2, -0.15) is 0 Å². The second-order valence-corrected chi connectivity index (χ2v) is 9.55. The van der Waals surface area contributed by atoms with Crippen LogP contribution < -0.4 is 0 Å². The van der Waals surface area contributed by atoms with Gasteiger partial charge in [0.15, 0.2) is 6.10 Å². The molecule has 1 aromatic heterocycles. The molecule has 1 unspecified atom stereocenters. The summed E-state index contributed by atoms with van der Waals surface area (Å²) in [4.78, 5) is 17.7. The molecule has 164 valence electrons. The summed E-state index contributed by atoms with van der Waals surface area (Å²) in [5, 5.41) is 7.69. The van der Waals surface area contributed by atoms with E-state index in [4.69, 9.17) is 14.8 Å². The highest BCUT2D eigenvalue weighted by Crippen LogP contribution is 2.33. The maximum absolute atomic E-state index is 5.69. The molecule has 0 radical (unpaired) electrons. The zero-order valence-corrected chi connectivity index (χ0v) is 19.4. The molecule has 0 bridgehead atoms. The minimum Gasteiger partial charge on any atom is -0.387 e. The summed E-state index contributed by atoms with van der Waals surface area (Å²) in [6.45, 7) is 6.24. The van der Waals surface area contributed by atoms with Gasteiger partial charge in [-0.25, -0.2) is 9.98 Å². The first-order chi connectivity index (χ1) is 15.7. The van der Waals surface area contributed by atoms with E-state index in [9.17, 15) is 0 Å². The van der Waals surface area contributed by atoms with Crippen LogP contribution in [0.5, 0.6) is 0 Å². The Labute approximate surface area is 193 Å². The highest BCUT2D eigenvalue weighted by Gasteiger charge is 2.27. The number of nitrogens with zero attached hydrogens (tertiary/aromatic N) is 4. The molecule has 2 aliphatic heterocycles. The molecule has 32 heavy (non-hydrogen) atoms. The van der Waals surface area contributed by atoms with E-state index in [1.54, 1.807) is 11.3 Å². The van der Waals surface area contributed by atoms with Crippen molar-refractivity contribution in [3.05, 3.63) is 81.3 Å². The van der Waals surface area contributed by atoms with Crippen molar-refractivity contribution in [2.24, 2.45) is 10.1 Å². The van der Waals surface area contributed by atoms with E-state index >= 15 is 0 Å². The molecule has 0 spiro atoms. The van der Waals surface area contributed by atoms with E-state index in [1.807, 2.05) is 24.5 Å².